The first-order chi connectivity index (χ1) is 20.2. The Morgan fingerprint density at radius 2 is 1.55 bits per heavy atom. The number of hydrogen-bond donors (Lipinski definition) is 0. The molecule has 0 bridgehead atoms. The monoisotopic (exact) mass is 682 g/mol. The molecule has 0 unspecified atom stereocenters. The summed E-state index contributed by atoms with van der Waals surface area (Å²) in [6.07, 6.45) is 3.44. The predicted molar refractivity (Wildman–Crippen MR) is 175 cm³/mol. The summed E-state index contributed by atoms with van der Waals surface area (Å²) in [5.74, 6) is 0. The molecule has 0 amide bonds. The summed E-state index contributed by atoms with van der Waals surface area (Å²) in [7, 11) is -2.76. The Morgan fingerprint density at radius 3 is 2.14 bits per heavy atom. The number of halogens is 2. The Kier molecular flexibility index (Phi) is 8.35. The van der Waals surface area contributed by atoms with Crippen molar-refractivity contribution in [3.63, 3.8) is 0 Å². The Morgan fingerprint density at radius 1 is 0.952 bits per heavy atom. The summed E-state index contributed by atoms with van der Waals surface area (Å²) in [5, 5.41) is 1.95. The van der Waals surface area contributed by atoms with Gasteiger partial charge in [-0.2, -0.15) is 0 Å². The molecule has 0 N–H and O–H groups in total. The van der Waals surface area contributed by atoms with Crippen LogP contribution in [-0.4, -0.2) is 59.2 Å². The SMILES string of the molecule is CC(C)(C)[Si](OC[C@@H]1C[C@@](F)([Se]c2ccccc2)[C@H](n2cnc3c(Cl)ncnc32)S1)(c1ccccc1)c1ccccc1. The number of rotatable bonds is 8. The zero-order valence-corrected chi connectivity index (χ0v) is 27.9. The Bertz CT molecular complexity index is 1620. The second-order valence-corrected chi connectivity index (χ2v) is 20.4. The van der Waals surface area contributed by atoms with Crippen LogP contribution in [0, 0.1) is 0 Å². The van der Waals surface area contributed by atoms with E-state index < -0.39 is 33.2 Å². The zero-order chi connectivity index (χ0) is 29.4. The van der Waals surface area contributed by atoms with E-state index in [1.807, 2.05) is 47.0 Å². The van der Waals surface area contributed by atoms with E-state index >= 15 is 4.39 Å². The topological polar surface area (TPSA) is 52.8 Å². The summed E-state index contributed by atoms with van der Waals surface area (Å²) >= 11 is 7.49. The maximum absolute atomic E-state index is 17.4. The normalized spacial score (nSPS) is 21.2. The molecule has 6 rings (SSSR count). The molecule has 3 heterocycles. The van der Waals surface area contributed by atoms with Gasteiger partial charge in [-0.1, -0.05) is 0 Å². The average molecular weight is 682 g/mol. The van der Waals surface area contributed by atoms with Crippen molar-refractivity contribution >= 4 is 72.6 Å². The molecule has 42 heavy (non-hydrogen) atoms. The van der Waals surface area contributed by atoms with Crippen molar-refractivity contribution in [3.8, 4) is 0 Å². The van der Waals surface area contributed by atoms with Crippen LogP contribution >= 0.6 is 23.4 Å². The first-order valence-corrected chi connectivity index (χ1v) is 18.8. The van der Waals surface area contributed by atoms with Gasteiger partial charge in [-0.05, 0) is 0 Å². The van der Waals surface area contributed by atoms with E-state index in [0.29, 0.717) is 24.2 Å². The quantitative estimate of drug-likeness (QED) is 0.154. The van der Waals surface area contributed by atoms with Gasteiger partial charge in [-0.3, -0.25) is 0 Å². The molecule has 216 valence electrons. The van der Waals surface area contributed by atoms with Gasteiger partial charge in [0.05, 0.1) is 0 Å². The molecule has 5 aromatic rings. The van der Waals surface area contributed by atoms with Crippen molar-refractivity contribution in [3.05, 3.63) is 109 Å². The van der Waals surface area contributed by atoms with Crippen LogP contribution in [-0.2, 0) is 4.43 Å². The van der Waals surface area contributed by atoms with Crippen LogP contribution in [0.5, 0.6) is 0 Å². The molecule has 1 fully saturated rings. The van der Waals surface area contributed by atoms with Crippen LogP contribution in [0.2, 0.25) is 10.2 Å². The van der Waals surface area contributed by atoms with Gasteiger partial charge < -0.3 is 0 Å². The van der Waals surface area contributed by atoms with Crippen LogP contribution in [0.25, 0.3) is 11.2 Å². The van der Waals surface area contributed by atoms with E-state index in [1.165, 1.54) is 16.7 Å². The number of fused-ring (bicyclic) bond motifs is 1. The second-order valence-electron chi connectivity index (χ2n) is 11.5. The van der Waals surface area contributed by atoms with Gasteiger partial charge in [0.1, 0.15) is 0 Å². The Labute approximate surface area is 262 Å². The van der Waals surface area contributed by atoms with Crippen LogP contribution in [0.1, 0.15) is 32.6 Å². The van der Waals surface area contributed by atoms with E-state index in [9.17, 15) is 0 Å². The van der Waals surface area contributed by atoms with E-state index in [1.54, 1.807) is 18.1 Å². The van der Waals surface area contributed by atoms with E-state index in [-0.39, 0.29) is 15.4 Å². The molecule has 3 atom stereocenters. The van der Waals surface area contributed by atoms with Gasteiger partial charge in [0, 0.05) is 0 Å². The van der Waals surface area contributed by atoms with E-state index in [4.69, 9.17) is 16.0 Å². The molecule has 1 aliphatic rings. The summed E-state index contributed by atoms with van der Waals surface area (Å²) in [4.78, 5) is 13.0. The number of hydrogen-bond acceptors (Lipinski definition) is 5. The van der Waals surface area contributed by atoms with Gasteiger partial charge in [0.2, 0.25) is 0 Å². The van der Waals surface area contributed by atoms with Crippen molar-refractivity contribution in [1.82, 2.24) is 19.5 Å². The fraction of sp³-hybridized carbons (Fsp3) is 0.281. The van der Waals surface area contributed by atoms with Crippen molar-refractivity contribution in [2.45, 2.75) is 47.4 Å². The van der Waals surface area contributed by atoms with Gasteiger partial charge in [0.25, 0.3) is 0 Å². The molecule has 1 saturated heterocycles. The zero-order valence-electron chi connectivity index (χ0n) is 23.7. The van der Waals surface area contributed by atoms with Crippen LogP contribution in [0.15, 0.2) is 104 Å². The average Bonchev–Trinajstić information content (AvgIpc) is 3.55. The van der Waals surface area contributed by atoms with Gasteiger partial charge in [-0.15, -0.1) is 0 Å². The third kappa shape index (κ3) is 5.47. The molecule has 10 heteroatoms. The third-order valence-electron chi connectivity index (χ3n) is 7.70. The minimum absolute atomic E-state index is 0.0676. The number of nitrogens with zero attached hydrogens (tertiary/aromatic N) is 4. The standard InChI is InChI=1S/C32H32ClFN4OSSeSi/c1-31(2,3)42(25-15-9-5-10-16-25,26-17-11-6-12-18-26)39-20-23-19-32(34,41-24-13-7-4-8-14-24)30(40-23)38-22-37-27-28(33)35-21-36-29(27)38/h4-18,21-23,30H,19-20H2,1-3H3/t23-,30+,32+/m0/s1. The van der Waals surface area contributed by atoms with Crippen molar-refractivity contribution in [2.75, 3.05) is 6.61 Å². The Hall–Kier alpha value is -2.52. The molecule has 3 aromatic carbocycles. The number of imidazole rings is 1. The fourth-order valence-corrected chi connectivity index (χ4v) is 15.5. The Balaban J connectivity index is 1.37. The molecule has 0 spiro atoms. The van der Waals surface area contributed by atoms with E-state index in [0.717, 1.165) is 4.46 Å². The number of thioether (sulfide) groups is 1. The number of aromatic nitrogens is 4. The first kappa shape index (κ1) is 29.5. The maximum atomic E-state index is 17.4. The first-order valence-electron chi connectivity index (χ1n) is 13.9. The number of alkyl halides is 1. The predicted octanol–water partition coefficient (Wildman–Crippen LogP) is 5.76. The molecular weight excluding hydrogens is 650 g/mol. The van der Waals surface area contributed by atoms with Crippen molar-refractivity contribution in [2.24, 2.45) is 0 Å². The second kappa shape index (κ2) is 11.9. The van der Waals surface area contributed by atoms with Crippen LogP contribution in [0.4, 0.5) is 4.39 Å². The van der Waals surface area contributed by atoms with Crippen molar-refractivity contribution in [1.29, 1.82) is 0 Å². The summed E-state index contributed by atoms with van der Waals surface area (Å²) < 4.78 is 26.1. The number of benzene rings is 3. The minimum atomic E-state index is -2.76. The molecular formula is C32H32ClFN4OSSeSi. The van der Waals surface area contributed by atoms with Gasteiger partial charge >= 0.3 is 264 Å². The summed E-state index contributed by atoms with van der Waals surface area (Å²) in [5.41, 5.74) is 1.04. The third-order valence-corrected chi connectivity index (χ3v) is 17.5. The molecule has 5 nitrogen and oxygen atoms in total. The van der Waals surface area contributed by atoms with Crippen molar-refractivity contribution < 1.29 is 8.82 Å². The molecule has 1 aliphatic heterocycles. The van der Waals surface area contributed by atoms with Crippen LogP contribution in [0.3, 0.4) is 0 Å². The van der Waals surface area contributed by atoms with Gasteiger partial charge in [-0.25, -0.2) is 0 Å². The molecule has 2 aromatic heterocycles. The fourth-order valence-electron chi connectivity index (χ4n) is 5.87. The molecule has 0 aliphatic carbocycles. The molecule has 0 saturated carbocycles. The van der Waals surface area contributed by atoms with Gasteiger partial charge in [0.15, 0.2) is 0 Å². The summed E-state index contributed by atoms with van der Waals surface area (Å²) in [6.45, 7) is 7.24. The van der Waals surface area contributed by atoms with E-state index in [2.05, 4.69) is 84.3 Å². The van der Waals surface area contributed by atoms with Crippen LogP contribution < -0.4 is 14.8 Å². The molecule has 0 radical (unpaired) electrons. The summed E-state index contributed by atoms with van der Waals surface area (Å²) in [6, 6.07) is 31.1.